The Bertz CT molecular complexity index is 690. The summed E-state index contributed by atoms with van der Waals surface area (Å²) in [7, 11) is 0. The van der Waals surface area contributed by atoms with E-state index in [9.17, 15) is 9.59 Å². The van der Waals surface area contributed by atoms with Crippen molar-refractivity contribution >= 4 is 11.8 Å². The molecule has 7 nitrogen and oxygen atoms in total. The molecule has 4 rings (SSSR count). The first-order chi connectivity index (χ1) is 12.5. The molecule has 2 saturated heterocycles. The number of amides is 2. The van der Waals surface area contributed by atoms with Gasteiger partial charge in [0.05, 0.1) is 18.9 Å². The van der Waals surface area contributed by atoms with Crippen molar-refractivity contribution in [2.75, 3.05) is 39.4 Å². The highest BCUT2D eigenvalue weighted by molar-refractivity contribution is 5.96. The molecule has 0 radical (unpaired) electrons. The van der Waals surface area contributed by atoms with E-state index in [4.69, 9.17) is 9.26 Å². The fraction of sp³-hybridized carbons (Fsp3) is 0.737. The van der Waals surface area contributed by atoms with Crippen LogP contribution in [0.15, 0.2) is 4.52 Å². The zero-order chi connectivity index (χ0) is 18.3. The highest BCUT2D eigenvalue weighted by atomic mass is 16.5. The minimum Gasteiger partial charge on any atom is -0.378 e. The van der Waals surface area contributed by atoms with E-state index in [1.54, 1.807) is 13.8 Å². The maximum Gasteiger partial charge on any atom is 0.259 e. The lowest BCUT2D eigenvalue weighted by molar-refractivity contribution is -0.143. The zero-order valence-electron chi connectivity index (χ0n) is 15.6. The number of hydrogen-bond donors (Lipinski definition) is 0. The van der Waals surface area contributed by atoms with E-state index in [1.807, 2.05) is 9.80 Å². The number of carbonyl (C=O) groups is 2. The van der Waals surface area contributed by atoms with Gasteiger partial charge in [0.15, 0.2) is 0 Å². The van der Waals surface area contributed by atoms with Crippen molar-refractivity contribution in [1.82, 2.24) is 15.0 Å². The topological polar surface area (TPSA) is 75.9 Å². The van der Waals surface area contributed by atoms with Crippen LogP contribution >= 0.6 is 0 Å². The van der Waals surface area contributed by atoms with Crippen LogP contribution in [0.3, 0.4) is 0 Å². The van der Waals surface area contributed by atoms with Crippen molar-refractivity contribution in [1.29, 1.82) is 0 Å². The molecule has 7 heteroatoms. The Morgan fingerprint density at radius 3 is 2.58 bits per heavy atom. The van der Waals surface area contributed by atoms with E-state index in [2.05, 4.69) is 5.16 Å². The second-order valence-electron chi connectivity index (χ2n) is 7.92. The van der Waals surface area contributed by atoms with Crippen LogP contribution < -0.4 is 0 Å². The van der Waals surface area contributed by atoms with E-state index in [0.717, 1.165) is 25.7 Å². The zero-order valence-corrected chi connectivity index (χ0v) is 15.6. The van der Waals surface area contributed by atoms with Crippen molar-refractivity contribution in [3.63, 3.8) is 0 Å². The number of hydrogen-bond acceptors (Lipinski definition) is 5. The Hall–Kier alpha value is -1.89. The van der Waals surface area contributed by atoms with Crippen molar-refractivity contribution in [3.05, 3.63) is 17.0 Å². The van der Waals surface area contributed by atoms with Gasteiger partial charge in [0, 0.05) is 37.5 Å². The smallest absolute Gasteiger partial charge is 0.259 e. The van der Waals surface area contributed by atoms with Gasteiger partial charge in [-0.3, -0.25) is 9.59 Å². The van der Waals surface area contributed by atoms with Gasteiger partial charge >= 0.3 is 0 Å². The maximum absolute atomic E-state index is 13.1. The number of carbonyl (C=O) groups excluding carboxylic acids is 2. The summed E-state index contributed by atoms with van der Waals surface area (Å²) in [5.74, 6) is 0.851. The minimum absolute atomic E-state index is 0.0115. The molecule has 3 fully saturated rings. The number of likely N-dealkylation sites (tertiary alicyclic amines) is 1. The van der Waals surface area contributed by atoms with Crippen LogP contribution in [-0.4, -0.2) is 66.2 Å². The Labute approximate surface area is 153 Å². The third-order valence-corrected chi connectivity index (χ3v) is 6.45. The van der Waals surface area contributed by atoms with E-state index in [0.29, 0.717) is 56.4 Å². The number of aromatic nitrogens is 1. The van der Waals surface area contributed by atoms with E-state index in [-0.39, 0.29) is 23.1 Å². The van der Waals surface area contributed by atoms with Crippen molar-refractivity contribution in [2.45, 2.75) is 39.5 Å². The first kappa shape index (κ1) is 17.5. The van der Waals surface area contributed by atoms with Gasteiger partial charge in [-0.05, 0) is 33.1 Å². The minimum atomic E-state index is -0.0655. The first-order valence-corrected chi connectivity index (χ1v) is 9.60. The maximum atomic E-state index is 13.1. The van der Waals surface area contributed by atoms with Crippen molar-refractivity contribution in [2.24, 2.45) is 11.3 Å². The van der Waals surface area contributed by atoms with E-state index in [1.165, 1.54) is 0 Å². The highest BCUT2D eigenvalue weighted by Gasteiger charge is 2.52. The molecule has 0 bridgehead atoms. The predicted octanol–water partition coefficient (Wildman–Crippen LogP) is 1.78. The molecule has 142 valence electrons. The SMILES string of the molecule is Cc1noc(C)c1C(=O)N1CC[C@@]2(CCC[C@H]2C(=O)N2CCOCC2)C1. The van der Waals surface area contributed by atoms with Crippen LogP contribution in [0.5, 0.6) is 0 Å². The average Bonchev–Trinajstić information content (AvgIpc) is 3.35. The molecule has 0 aromatic carbocycles. The Morgan fingerprint density at radius 2 is 1.88 bits per heavy atom. The summed E-state index contributed by atoms with van der Waals surface area (Å²) in [6.45, 7) is 7.58. The number of rotatable bonds is 2. The molecule has 3 heterocycles. The number of morpholine rings is 1. The third kappa shape index (κ3) is 2.82. The molecule has 1 saturated carbocycles. The molecule has 0 N–H and O–H groups in total. The van der Waals surface area contributed by atoms with Gasteiger partial charge in [-0.25, -0.2) is 0 Å². The summed E-state index contributed by atoms with van der Waals surface area (Å²) in [5.41, 5.74) is 1.15. The molecule has 2 atom stereocenters. The summed E-state index contributed by atoms with van der Waals surface area (Å²) in [6.07, 6.45) is 3.93. The fourth-order valence-corrected chi connectivity index (χ4v) is 5.03. The van der Waals surface area contributed by atoms with Crippen LogP contribution in [0, 0.1) is 25.2 Å². The molecular formula is C19H27N3O4. The molecule has 0 unspecified atom stereocenters. The molecular weight excluding hydrogens is 334 g/mol. The standard InChI is InChI=1S/C19H27N3O4/c1-13-16(14(2)26-20-13)18(24)22-7-6-19(12-22)5-3-4-15(19)17(23)21-8-10-25-11-9-21/h15H,3-12H2,1-2H3/t15-,19-/m0/s1. The van der Waals surface area contributed by atoms with Crippen LogP contribution in [0.2, 0.25) is 0 Å². The lowest BCUT2D eigenvalue weighted by Crippen LogP contribution is -2.47. The second-order valence-corrected chi connectivity index (χ2v) is 7.92. The highest BCUT2D eigenvalue weighted by Crippen LogP contribution is 2.50. The van der Waals surface area contributed by atoms with Gasteiger partial charge in [-0.15, -0.1) is 0 Å². The summed E-state index contributed by atoms with van der Waals surface area (Å²) in [5, 5.41) is 3.91. The van der Waals surface area contributed by atoms with Gasteiger partial charge in [0.2, 0.25) is 5.91 Å². The quantitative estimate of drug-likeness (QED) is 0.803. The lowest BCUT2D eigenvalue weighted by Gasteiger charge is -2.36. The van der Waals surface area contributed by atoms with Gasteiger partial charge in [0.25, 0.3) is 5.91 Å². The summed E-state index contributed by atoms with van der Waals surface area (Å²) < 4.78 is 10.5. The van der Waals surface area contributed by atoms with Crippen LogP contribution in [0.1, 0.15) is 47.5 Å². The molecule has 1 spiro atoms. The molecule has 1 aliphatic carbocycles. The third-order valence-electron chi connectivity index (χ3n) is 6.45. The molecule has 26 heavy (non-hydrogen) atoms. The number of nitrogens with zero attached hydrogens (tertiary/aromatic N) is 3. The predicted molar refractivity (Wildman–Crippen MR) is 93.7 cm³/mol. The molecule has 2 amide bonds. The molecule has 3 aliphatic rings. The monoisotopic (exact) mass is 361 g/mol. The largest absolute Gasteiger partial charge is 0.378 e. The summed E-state index contributed by atoms with van der Waals surface area (Å²) >= 11 is 0. The molecule has 1 aromatic rings. The molecule has 2 aliphatic heterocycles. The summed E-state index contributed by atoms with van der Waals surface area (Å²) in [4.78, 5) is 30.0. The number of aryl methyl sites for hydroxylation is 2. The van der Waals surface area contributed by atoms with Gasteiger partial charge < -0.3 is 19.1 Å². The van der Waals surface area contributed by atoms with Crippen LogP contribution in [0.25, 0.3) is 0 Å². The second kappa shape index (κ2) is 6.68. The molecule has 1 aromatic heterocycles. The van der Waals surface area contributed by atoms with E-state index < -0.39 is 0 Å². The van der Waals surface area contributed by atoms with Gasteiger partial charge in [0.1, 0.15) is 11.3 Å². The van der Waals surface area contributed by atoms with Crippen molar-refractivity contribution in [3.8, 4) is 0 Å². The van der Waals surface area contributed by atoms with Crippen LogP contribution in [-0.2, 0) is 9.53 Å². The Balaban J connectivity index is 1.50. The van der Waals surface area contributed by atoms with Crippen molar-refractivity contribution < 1.29 is 18.8 Å². The number of ether oxygens (including phenoxy) is 1. The normalized spacial score (nSPS) is 28.9. The average molecular weight is 361 g/mol. The van der Waals surface area contributed by atoms with Crippen LogP contribution in [0.4, 0.5) is 0 Å². The summed E-state index contributed by atoms with van der Waals surface area (Å²) in [6, 6.07) is 0. The van der Waals surface area contributed by atoms with Gasteiger partial charge in [-0.2, -0.15) is 0 Å². The Kier molecular flexibility index (Phi) is 4.50. The Morgan fingerprint density at radius 1 is 1.12 bits per heavy atom. The lowest BCUT2D eigenvalue weighted by atomic mass is 9.76. The fourth-order valence-electron chi connectivity index (χ4n) is 5.03. The first-order valence-electron chi connectivity index (χ1n) is 9.60. The van der Waals surface area contributed by atoms with E-state index >= 15 is 0 Å². The van der Waals surface area contributed by atoms with Gasteiger partial charge in [-0.1, -0.05) is 11.6 Å².